The van der Waals surface area contributed by atoms with Crippen molar-refractivity contribution in [3.05, 3.63) is 64.5 Å². The van der Waals surface area contributed by atoms with Crippen LogP contribution >= 0.6 is 11.3 Å². The highest BCUT2D eigenvalue weighted by Gasteiger charge is 2.14. The molecule has 0 bridgehead atoms. The Balaban J connectivity index is 2.17. The van der Waals surface area contributed by atoms with E-state index in [-0.39, 0.29) is 5.52 Å². The minimum atomic E-state index is -0.689. The lowest BCUT2D eigenvalue weighted by Gasteiger charge is -2.05. The Labute approximate surface area is 140 Å². The smallest absolute Gasteiger partial charge is 0.279 e. The second kappa shape index (κ2) is 7.02. The zero-order chi connectivity index (χ0) is 17.1. The van der Waals surface area contributed by atoms with Crippen molar-refractivity contribution in [2.24, 2.45) is 4.99 Å². The van der Waals surface area contributed by atoms with Crippen molar-refractivity contribution in [3.63, 3.8) is 0 Å². The lowest BCUT2D eigenvalue weighted by molar-refractivity contribution is 0.0997. The standard InChI is InChI=1S/C17H14F2N2O2S/c1-23-8-7-21-15-13(19)9-12(18)10-14(15)24-17(21)20-16(22)11-5-3-2-4-6-11/h2-6,9-10H,7-8H2,1H3. The lowest BCUT2D eigenvalue weighted by Crippen LogP contribution is -2.19. The number of amides is 1. The number of hydrogen-bond acceptors (Lipinski definition) is 3. The molecule has 0 atom stereocenters. The molecule has 1 aromatic heterocycles. The first-order valence-electron chi connectivity index (χ1n) is 7.21. The molecule has 0 aliphatic heterocycles. The number of ether oxygens (including phenoxy) is 1. The number of fused-ring (bicyclic) bond motifs is 1. The zero-order valence-corrected chi connectivity index (χ0v) is 13.6. The Kier molecular flexibility index (Phi) is 4.82. The summed E-state index contributed by atoms with van der Waals surface area (Å²) in [5.41, 5.74) is 0.651. The summed E-state index contributed by atoms with van der Waals surface area (Å²) in [6, 6.07) is 10.6. The summed E-state index contributed by atoms with van der Waals surface area (Å²) in [7, 11) is 1.52. The van der Waals surface area contributed by atoms with Crippen LogP contribution in [0.2, 0.25) is 0 Å². The first-order valence-corrected chi connectivity index (χ1v) is 8.03. The predicted molar refractivity (Wildman–Crippen MR) is 87.9 cm³/mol. The number of benzene rings is 2. The molecular formula is C17H14F2N2O2S. The predicted octanol–water partition coefficient (Wildman–Crippen LogP) is 3.37. The maximum atomic E-state index is 14.2. The molecule has 0 unspecified atom stereocenters. The van der Waals surface area contributed by atoms with Gasteiger partial charge in [0, 0.05) is 25.3 Å². The molecule has 0 spiro atoms. The van der Waals surface area contributed by atoms with Gasteiger partial charge in [0.25, 0.3) is 5.91 Å². The number of nitrogens with zero attached hydrogens (tertiary/aromatic N) is 2. The molecular weight excluding hydrogens is 334 g/mol. The molecule has 0 radical (unpaired) electrons. The van der Waals surface area contributed by atoms with E-state index in [0.717, 1.165) is 17.4 Å². The summed E-state index contributed by atoms with van der Waals surface area (Å²) in [5, 5.41) is 0. The van der Waals surface area contributed by atoms with Crippen LogP contribution in [0.15, 0.2) is 47.5 Å². The van der Waals surface area contributed by atoms with E-state index in [1.807, 2.05) is 0 Å². The van der Waals surface area contributed by atoms with Crippen molar-refractivity contribution < 1.29 is 18.3 Å². The summed E-state index contributed by atoms with van der Waals surface area (Å²) < 4.78 is 34.6. The Morgan fingerprint density at radius 3 is 2.71 bits per heavy atom. The highest BCUT2D eigenvalue weighted by Crippen LogP contribution is 2.22. The third-order valence-electron chi connectivity index (χ3n) is 3.43. The summed E-state index contributed by atoms with van der Waals surface area (Å²) in [6.07, 6.45) is 0. The number of rotatable bonds is 4. The summed E-state index contributed by atoms with van der Waals surface area (Å²) in [6.45, 7) is 0.620. The fourth-order valence-electron chi connectivity index (χ4n) is 2.34. The van der Waals surface area contributed by atoms with Crippen LogP contribution in [0.5, 0.6) is 0 Å². The molecule has 4 nitrogen and oxygen atoms in total. The van der Waals surface area contributed by atoms with Crippen molar-refractivity contribution >= 4 is 27.5 Å². The fourth-order valence-corrected chi connectivity index (χ4v) is 3.43. The van der Waals surface area contributed by atoms with Crippen LogP contribution in [0.25, 0.3) is 10.2 Å². The van der Waals surface area contributed by atoms with Gasteiger partial charge in [0.1, 0.15) is 5.82 Å². The van der Waals surface area contributed by atoms with Crippen LogP contribution in [0.3, 0.4) is 0 Å². The Hall–Kier alpha value is -2.38. The Morgan fingerprint density at radius 2 is 2.00 bits per heavy atom. The largest absolute Gasteiger partial charge is 0.383 e. The average Bonchev–Trinajstić information content (AvgIpc) is 2.90. The van der Waals surface area contributed by atoms with Gasteiger partial charge in [-0.1, -0.05) is 29.5 Å². The van der Waals surface area contributed by atoms with Crippen LogP contribution in [0, 0.1) is 11.6 Å². The number of methoxy groups -OCH3 is 1. The van der Waals surface area contributed by atoms with Crippen molar-refractivity contribution in [1.82, 2.24) is 4.57 Å². The average molecular weight is 348 g/mol. The van der Waals surface area contributed by atoms with Crippen LogP contribution in [-0.2, 0) is 11.3 Å². The van der Waals surface area contributed by atoms with E-state index in [2.05, 4.69) is 4.99 Å². The van der Waals surface area contributed by atoms with Crippen molar-refractivity contribution in [2.75, 3.05) is 13.7 Å². The summed E-state index contributed by atoms with van der Waals surface area (Å²) in [5.74, 6) is -1.79. The normalized spacial score (nSPS) is 12.0. The molecule has 0 saturated heterocycles. The fraction of sp³-hybridized carbons (Fsp3) is 0.176. The van der Waals surface area contributed by atoms with Crippen molar-refractivity contribution in [1.29, 1.82) is 0 Å². The van der Waals surface area contributed by atoms with Gasteiger partial charge in [-0.15, -0.1) is 0 Å². The van der Waals surface area contributed by atoms with Gasteiger partial charge >= 0.3 is 0 Å². The molecule has 0 N–H and O–H groups in total. The van der Waals surface area contributed by atoms with Crippen LogP contribution in [-0.4, -0.2) is 24.2 Å². The van der Waals surface area contributed by atoms with E-state index < -0.39 is 17.5 Å². The molecule has 0 fully saturated rings. The van der Waals surface area contributed by atoms with E-state index in [1.54, 1.807) is 34.9 Å². The van der Waals surface area contributed by atoms with Crippen LogP contribution < -0.4 is 4.80 Å². The molecule has 3 rings (SSSR count). The molecule has 0 aliphatic rings. The van der Waals surface area contributed by atoms with Gasteiger partial charge in [0.15, 0.2) is 10.6 Å². The Morgan fingerprint density at radius 1 is 1.25 bits per heavy atom. The molecule has 0 aliphatic carbocycles. The quantitative estimate of drug-likeness (QED) is 0.726. The maximum Gasteiger partial charge on any atom is 0.279 e. The first-order chi connectivity index (χ1) is 11.6. The minimum Gasteiger partial charge on any atom is -0.383 e. The first kappa shape index (κ1) is 16.5. The minimum absolute atomic E-state index is 0.220. The third-order valence-corrected chi connectivity index (χ3v) is 4.46. The van der Waals surface area contributed by atoms with Gasteiger partial charge in [0.2, 0.25) is 0 Å². The number of carbonyl (C=O) groups excluding carboxylic acids is 1. The SMILES string of the molecule is COCCn1c(=NC(=O)c2ccccc2)sc2cc(F)cc(F)c21. The van der Waals surface area contributed by atoms with E-state index in [9.17, 15) is 13.6 Å². The van der Waals surface area contributed by atoms with Gasteiger partial charge in [-0.05, 0) is 18.2 Å². The molecule has 1 heterocycles. The van der Waals surface area contributed by atoms with Crippen LogP contribution in [0.4, 0.5) is 8.78 Å². The van der Waals surface area contributed by atoms with Crippen molar-refractivity contribution in [2.45, 2.75) is 6.54 Å². The summed E-state index contributed by atoms with van der Waals surface area (Å²) in [4.78, 5) is 16.7. The molecule has 24 heavy (non-hydrogen) atoms. The maximum absolute atomic E-state index is 14.2. The van der Waals surface area contributed by atoms with E-state index in [0.29, 0.717) is 28.2 Å². The molecule has 3 aromatic rings. The molecule has 1 amide bonds. The highest BCUT2D eigenvalue weighted by atomic mass is 32.1. The third kappa shape index (κ3) is 3.27. The Bertz CT molecular complexity index is 948. The van der Waals surface area contributed by atoms with Gasteiger partial charge in [-0.25, -0.2) is 8.78 Å². The number of halogens is 2. The number of carbonyl (C=O) groups is 1. The second-order valence-electron chi connectivity index (χ2n) is 5.05. The molecule has 0 saturated carbocycles. The van der Waals surface area contributed by atoms with Gasteiger partial charge in [0.05, 0.1) is 16.8 Å². The zero-order valence-electron chi connectivity index (χ0n) is 12.8. The van der Waals surface area contributed by atoms with E-state index in [4.69, 9.17) is 4.74 Å². The van der Waals surface area contributed by atoms with Crippen LogP contribution in [0.1, 0.15) is 10.4 Å². The number of thiazole rings is 1. The number of hydrogen-bond donors (Lipinski definition) is 0. The number of aromatic nitrogens is 1. The van der Waals surface area contributed by atoms with Gasteiger partial charge in [-0.3, -0.25) is 4.79 Å². The van der Waals surface area contributed by atoms with Gasteiger partial charge in [-0.2, -0.15) is 4.99 Å². The second-order valence-corrected chi connectivity index (χ2v) is 6.06. The molecule has 124 valence electrons. The van der Waals surface area contributed by atoms with Gasteiger partial charge < -0.3 is 9.30 Å². The lowest BCUT2D eigenvalue weighted by atomic mass is 10.2. The van der Waals surface area contributed by atoms with E-state index in [1.165, 1.54) is 13.2 Å². The monoisotopic (exact) mass is 348 g/mol. The molecule has 2 aromatic carbocycles. The van der Waals surface area contributed by atoms with Crippen molar-refractivity contribution in [3.8, 4) is 0 Å². The highest BCUT2D eigenvalue weighted by molar-refractivity contribution is 7.16. The summed E-state index contributed by atoms with van der Waals surface area (Å²) >= 11 is 1.07. The molecule has 7 heteroatoms. The topological polar surface area (TPSA) is 43.6 Å². The van der Waals surface area contributed by atoms with E-state index >= 15 is 0 Å².